The van der Waals surface area contributed by atoms with Crippen LogP contribution in [0.5, 0.6) is 0 Å². The Bertz CT molecular complexity index is 941. The molecule has 0 aromatic heterocycles. The Kier molecular flexibility index (Phi) is 8.20. The van der Waals surface area contributed by atoms with Crippen LogP contribution in [0.3, 0.4) is 0 Å². The minimum Gasteiger partial charge on any atom is -0.433 e. The molecule has 1 heterocycles. The van der Waals surface area contributed by atoms with Crippen molar-refractivity contribution in [2.75, 3.05) is 0 Å². The zero-order chi connectivity index (χ0) is 27.2. The van der Waals surface area contributed by atoms with Crippen LogP contribution in [-0.2, 0) is 14.3 Å². The van der Waals surface area contributed by atoms with E-state index in [0.29, 0.717) is 42.4 Å². The first-order chi connectivity index (χ1) is 17.2. The average Bonchev–Trinajstić information content (AvgIpc) is 3.31. The highest BCUT2D eigenvalue weighted by Gasteiger charge is 2.52. The molecule has 1 saturated heterocycles. The molecule has 5 heteroatoms. The third-order valence-electron chi connectivity index (χ3n) is 10.0. The number of carbonyl (C=O) groups is 1. The van der Waals surface area contributed by atoms with Crippen LogP contribution in [0.2, 0.25) is 0 Å². The van der Waals surface area contributed by atoms with E-state index in [9.17, 15) is 15.0 Å². The Balaban J connectivity index is 1.38. The van der Waals surface area contributed by atoms with E-state index in [1.54, 1.807) is 0 Å². The molecule has 0 radical (unpaired) electrons. The topological polar surface area (TPSA) is 76.0 Å². The molecular formula is C32H50O5. The molecule has 3 saturated carbocycles. The van der Waals surface area contributed by atoms with Crippen LogP contribution in [-0.4, -0.2) is 40.3 Å². The lowest BCUT2D eigenvalue weighted by Gasteiger charge is -2.44. The van der Waals surface area contributed by atoms with Crippen molar-refractivity contribution >= 4 is 5.97 Å². The zero-order valence-corrected chi connectivity index (χ0v) is 24.0. The number of hydrogen-bond donors (Lipinski definition) is 2. The van der Waals surface area contributed by atoms with Crippen molar-refractivity contribution < 1.29 is 24.5 Å². The fourth-order valence-corrected chi connectivity index (χ4v) is 7.69. The van der Waals surface area contributed by atoms with Gasteiger partial charge in [0.15, 0.2) is 5.60 Å². The van der Waals surface area contributed by atoms with E-state index in [1.165, 1.54) is 31.3 Å². The number of esters is 1. The van der Waals surface area contributed by atoms with E-state index in [1.807, 2.05) is 27.7 Å². The van der Waals surface area contributed by atoms with Crippen molar-refractivity contribution in [1.29, 1.82) is 0 Å². The first-order valence-corrected chi connectivity index (χ1v) is 14.6. The molecule has 4 rings (SSSR count). The lowest BCUT2D eigenvalue weighted by molar-refractivity contribution is -0.155. The number of fused-ring (bicyclic) bond motifs is 1. The SMILES string of the molecule is C=C1/C(=C\C=C2/CCC[C@]3(C)C([C@H](C)CCC[C@@]4(C)O[C@H](C(C)(C)C)OC4=O)CC[C@@H]23)C[C@@H](O)C[C@@H]1O. The van der Waals surface area contributed by atoms with Gasteiger partial charge in [-0.3, -0.25) is 0 Å². The van der Waals surface area contributed by atoms with Gasteiger partial charge in [-0.2, -0.15) is 0 Å². The lowest BCUT2D eigenvalue weighted by Crippen LogP contribution is -2.36. The smallest absolute Gasteiger partial charge is 0.340 e. The van der Waals surface area contributed by atoms with E-state index in [2.05, 4.69) is 32.6 Å². The maximum Gasteiger partial charge on any atom is 0.340 e. The summed E-state index contributed by atoms with van der Waals surface area (Å²) in [6.45, 7) is 17.0. The van der Waals surface area contributed by atoms with Crippen LogP contribution in [0.15, 0.2) is 35.5 Å². The van der Waals surface area contributed by atoms with Crippen LogP contribution >= 0.6 is 0 Å². The molecule has 1 unspecified atom stereocenters. The van der Waals surface area contributed by atoms with Crippen LogP contribution in [0.1, 0.15) is 106 Å². The van der Waals surface area contributed by atoms with E-state index >= 15 is 0 Å². The maximum absolute atomic E-state index is 12.6. The van der Waals surface area contributed by atoms with E-state index < -0.39 is 24.1 Å². The van der Waals surface area contributed by atoms with Gasteiger partial charge in [-0.1, -0.05) is 65.3 Å². The third kappa shape index (κ3) is 5.79. The van der Waals surface area contributed by atoms with Gasteiger partial charge in [0.2, 0.25) is 6.29 Å². The molecule has 0 aromatic rings. The van der Waals surface area contributed by atoms with Gasteiger partial charge in [0.05, 0.1) is 12.2 Å². The lowest BCUT2D eigenvalue weighted by atomic mass is 9.60. The molecule has 0 aromatic carbocycles. The highest BCUT2D eigenvalue weighted by molar-refractivity contribution is 5.80. The number of rotatable bonds is 6. The third-order valence-corrected chi connectivity index (χ3v) is 10.0. The monoisotopic (exact) mass is 514 g/mol. The van der Waals surface area contributed by atoms with Gasteiger partial charge >= 0.3 is 5.97 Å². The highest BCUT2D eigenvalue weighted by atomic mass is 16.8. The predicted molar refractivity (Wildman–Crippen MR) is 147 cm³/mol. The van der Waals surface area contributed by atoms with Crippen molar-refractivity contribution in [1.82, 2.24) is 0 Å². The highest BCUT2D eigenvalue weighted by Crippen LogP contribution is 2.60. The summed E-state index contributed by atoms with van der Waals surface area (Å²) in [5, 5.41) is 20.3. The zero-order valence-electron chi connectivity index (χ0n) is 24.0. The summed E-state index contributed by atoms with van der Waals surface area (Å²) in [6, 6.07) is 0. The number of allylic oxidation sites excluding steroid dienone is 3. The van der Waals surface area contributed by atoms with Crippen molar-refractivity contribution in [2.24, 2.45) is 28.6 Å². The number of carbonyl (C=O) groups excluding carboxylic acids is 1. The molecule has 0 amide bonds. The summed E-state index contributed by atoms with van der Waals surface area (Å²) in [6.07, 6.45) is 12.6. The van der Waals surface area contributed by atoms with Gasteiger partial charge in [0.1, 0.15) is 0 Å². The van der Waals surface area contributed by atoms with Crippen LogP contribution in [0.4, 0.5) is 0 Å². The number of cyclic esters (lactones) is 1. The van der Waals surface area contributed by atoms with Gasteiger partial charge < -0.3 is 19.7 Å². The summed E-state index contributed by atoms with van der Waals surface area (Å²) in [5.41, 5.74) is 2.52. The van der Waals surface area contributed by atoms with Gasteiger partial charge in [-0.25, -0.2) is 4.79 Å². The van der Waals surface area contributed by atoms with Crippen LogP contribution in [0, 0.1) is 28.6 Å². The normalized spacial score (nSPS) is 41.8. The average molecular weight is 515 g/mol. The molecule has 5 nitrogen and oxygen atoms in total. The molecule has 3 aliphatic carbocycles. The van der Waals surface area contributed by atoms with Gasteiger partial charge in [0.25, 0.3) is 0 Å². The Morgan fingerprint density at radius 2 is 1.92 bits per heavy atom. The second-order valence-electron chi connectivity index (χ2n) is 14.0. The number of hydrogen-bond acceptors (Lipinski definition) is 5. The summed E-state index contributed by atoms with van der Waals surface area (Å²) in [4.78, 5) is 12.6. The fourth-order valence-electron chi connectivity index (χ4n) is 7.69. The largest absolute Gasteiger partial charge is 0.433 e. The minimum atomic E-state index is -0.835. The first kappa shape index (κ1) is 28.6. The molecule has 8 atom stereocenters. The van der Waals surface area contributed by atoms with Crippen LogP contribution < -0.4 is 0 Å². The van der Waals surface area contributed by atoms with Crippen LogP contribution in [0.25, 0.3) is 0 Å². The quantitative estimate of drug-likeness (QED) is 0.389. The molecule has 208 valence electrons. The minimum absolute atomic E-state index is 0.218. The molecule has 0 spiro atoms. The first-order valence-electron chi connectivity index (χ1n) is 14.6. The summed E-state index contributed by atoms with van der Waals surface area (Å²) in [7, 11) is 0. The maximum atomic E-state index is 12.6. The molecule has 4 fully saturated rings. The van der Waals surface area contributed by atoms with E-state index in [4.69, 9.17) is 9.47 Å². The standard InChI is InChI=1S/C32H50O5/c1-20(10-8-17-32(7)28(35)36-29(37-32)30(3,4)5)25-14-15-26-22(11-9-16-31(25,26)6)12-13-23-18-24(33)19-27(34)21(23)2/h12-13,20,24-27,29,33-34H,2,8-11,14-19H2,1,3-7H3/b22-12+,23-13-/t20-,24-,25?,26+,27+,29-,31-,32-/m1/s1. The van der Waals surface area contributed by atoms with Crippen molar-refractivity contribution in [3.8, 4) is 0 Å². The Morgan fingerprint density at radius 3 is 2.59 bits per heavy atom. The van der Waals surface area contributed by atoms with Gasteiger partial charge in [-0.05, 0) is 92.6 Å². The Hall–Kier alpha value is -1.43. The summed E-state index contributed by atoms with van der Waals surface area (Å²) >= 11 is 0. The number of aliphatic hydroxyl groups is 2. The second kappa shape index (κ2) is 10.6. The Labute approximate surface area is 224 Å². The summed E-state index contributed by atoms with van der Waals surface area (Å²) < 4.78 is 11.7. The van der Waals surface area contributed by atoms with Crippen molar-refractivity contribution in [2.45, 2.75) is 130 Å². The molecule has 1 aliphatic heterocycles. The van der Waals surface area contributed by atoms with Gasteiger partial charge in [-0.15, -0.1) is 0 Å². The molecule has 0 bridgehead atoms. The van der Waals surface area contributed by atoms with Gasteiger partial charge in [0, 0.05) is 11.8 Å². The van der Waals surface area contributed by atoms with Crippen molar-refractivity contribution in [3.05, 3.63) is 35.5 Å². The molecule has 2 N–H and O–H groups in total. The molecular weight excluding hydrogens is 464 g/mol. The van der Waals surface area contributed by atoms with Crippen molar-refractivity contribution in [3.63, 3.8) is 0 Å². The fraction of sp³-hybridized carbons (Fsp3) is 0.781. The predicted octanol–water partition coefficient (Wildman–Crippen LogP) is 6.64. The number of ether oxygens (including phenoxy) is 2. The molecule has 37 heavy (non-hydrogen) atoms. The van der Waals surface area contributed by atoms with E-state index in [0.717, 1.165) is 30.4 Å². The second-order valence-corrected chi connectivity index (χ2v) is 14.0. The summed E-state index contributed by atoms with van der Waals surface area (Å²) in [5.74, 6) is 1.64. The number of aliphatic hydroxyl groups excluding tert-OH is 2. The molecule has 4 aliphatic rings. The van der Waals surface area contributed by atoms with E-state index in [-0.39, 0.29) is 11.4 Å². The Morgan fingerprint density at radius 1 is 1.19 bits per heavy atom.